The summed E-state index contributed by atoms with van der Waals surface area (Å²) in [6, 6.07) is 8.61. The Kier molecular flexibility index (Phi) is 5.60. The third kappa shape index (κ3) is 4.12. The molecule has 1 heterocycles. The molecule has 0 unspecified atom stereocenters. The topological polar surface area (TPSA) is 95.6 Å². The zero-order valence-corrected chi connectivity index (χ0v) is 15.1. The van der Waals surface area contributed by atoms with Crippen LogP contribution in [0.4, 0.5) is 0 Å². The highest BCUT2D eigenvalue weighted by Crippen LogP contribution is 2.21. The van der Waals surface area contributed by atoms with E-state index in [4.69, 9.17) is 11.6 Å². The fourth-order valence-electron chi connectivity index (χ4n) is 1.69. The van der Waals surface area contributed by atoms with Crippen LogP contribution in [0.1, 0.15) is 20.0 Å². The second kappa shape index (κ2) is 7.31. The second-order valence-electron chi connectivity index (χ2n) is 4.83. The molecule has 0 spiro atoms. The number of rotatable bonds is 4. The van der Waals surface area contributed by atoms with Gasteiger partial charge in [-0.1, -0.05) is 17.7 Å². The number of halogens is 1. The zero-order valence-electron chi connectivity index (χ0n) is 12.7. The van der Waals surface area contributed by atoms with Gasteiger partial charge in [-0.2, -0.15) is 0 Å². The summed E-state index contributed by atoms with van der Waals surface area (Å²) < 4.78 is 25.6. The zero-order chi connectivity index (χ0) is 17.9. The van der Waals surface area contributed by atoms with Crippen molar-refractivity contribution < 1.29 is 18.0 Å². The van der Waals surface area contributed by atoms with Crippen LogP contribution in [0.2, 0.25) is 4.34 Å². The molecule has 2 aromatic rings. The first-order chi connectivity index (χ1) is 11.2. The van der Waals surface area contributed by atoms with Gasteiger partial charge in [0.25, 0.3) is 11.8 Å². The number of amides is 2. The lowest BCUT2D eigenvalue weighted by atomic mass is 10.2. The number of hydrazine groups is 1. The van der Waals surface area contributed by atoms with Gasteiger partial charge in [0.2, 0.25) is 10.0 Å². The lowest BCUT2D eigenvalue weighted by molar-refractivity contribution is 0.0849. The van der Waals surface area contributed by atoms with E-state index < -0.39 is 21.8 Å². The molecule has 0 radical (unpaired) electrons. The molecule has 10 heteroatoms. The van der Waals surface area contributed by atoms with Crippen molar-refractivity contribution in [2.24, 2.45) is 0 Å². The second-order valence-corrected chi connectivity index (χ2v) is 8.69. The van der Waals surface area contributed by atoms with Crippen molar-refractivity contribution in [2.75, 3.05) is 14.1 Å². The summed E-state index contributed by atoms with van der Waals surface area (Å²) in [5.74, 6) is -1.15. The van der Waals surface area contributed by atoms with Crippen molar-refractivity contribution in [3.05, 3.63) is 51.2 Å². The Labute approximate surface area is 148 Å². The third-order valence-corrected chi connectivity index (χ3v) is 6.00. The molecule has 2 N–H and O–H groups in total. The standard InChI is InChI=1S/C14H14ClN3O4S2/c1-18(2)24(21,22)10-5-3-4-9(8-10)13(19)16-17-14(20)11-6-7-12(15)23-11/h3-8H,1-2H3,(H,16,19)(H,17,20). The molecule has 24 heavy (non-hydrogen) atoms. The predicted octanol–water partition coefficient (Wildman–Crippen LogP) is 1.73. The van der Waals surface area contributed by atoms with E-state index in [-0.39, 0.29) is 10.5 Å². The van der Waals surface area contributed by atoms with E-state index in [9.17, 15) is 18.0 Å². The molecule has 0 saturated heterocycles. The number of carbonyl (C=O) groups is 2. The average Bonchev–Trinajstić information content (AvgIpc) is 2.98. The average molecular weight is 388 g/mol. The Morgan fingerprint density at radius 2 is 1.75 bits per heavy atom. The molecule has 0 saturated carbocycles. The Hall–Kier alpha value is -1.94. The van der Waals surface area contributed by atoms with Crippen LogP contribution in [0.25, 0.3) is 0 Å². The van der Waals surface area contributed by atoms with Crippen molar-refractivity contribution >= 4 is 44.8 Å². The van der Waals surface area contributed by atoms with Gasteiger partial charge in [-0.3, -0.25) is 20.4 Å². The SMILES string of the molecule is CN(C)S(=O)(=O)c1cccc(C(=O)NNC(=O)c2ccc(Cl)s2)c1. The Morgan fingerprint density at radius 3 is 2.33 bits per heavy atom. The maximum atomic E-state index is 12.1. The quantitative estimate of drug-likeness (QED) is 0.781. The number of carbonyl (C=O) groups excluding carboxylic acids is 2. The summed E-state index contributed by atoms with van der Waals surface area (Å²) in [7, 11) is -0.857. The molecule has 0 atom stereocenters. The Bertz CT molecular complexity index is 878. The van der Waals surface area contributed by atoms with Gasteiger partial charge in [0.15, 0.2) is 0 Å². The predicted molar refractivity (Wildman–Crippen MR) is 91.6 cm³/mol. The number of nitrogens with zero attached hydrogens (tertiary/aromatic N) is 1. The summed E-state index contributed by atoms with van der Waals surface area (Å²) in [5, 5.41) is 0. The van der Waals surface area contributed by atoms with Crippen LogP contribution in [0.15, 0.2) is 41.3 Å². The molecule has 0 fully saturated rings. The minimum atomic E-state index is -3.65. The van der Waals surface area contributed by atoms with Crippen molar-refractivity contribution in [1.82, 2.24) is 15.2 Å². The first-order valence-electron chi connectivity index (χ1n) is 6.60. The van der Waals surface area contributed by atoms with E-state index in [1.54, 1.807) is 6.07 Å². The molecule has 2 amide bonds. The molecule has 7 nitrogen and oxygen atoms in total. The van der Waals surface area contributed by atoms with Gasteiger partial charge in [0.05, 0.1) is 14.1 Å². The van der Waals surface area contributed by atoms with Gasteiger partial charge >= 0.3 is 0 Å². The molecule has 2 rings (SSSR count). The monoisotopic (exact) mass is 387 g/mol. The Morgan fingerprint density at radius 1 is 1.08 bits per heavy atom. The van der Waals surface area contributed by atoms with E-state index in [2.05, 4.69) is 10.9 Å². The largest absolute Gasteiger partial charge is 0.279 e. The molecule has 0 aliphatic rings. The fraction of sp³-hybridized carbons (Fsp3) is 0.143. The highest BCUT2D eigenvalue weighted by Gasteiger charge is 2.19. The van der Waals surface area contributed by atoms with Crippen LogP contribution in [0.5, 0.6) is 0 Å². The summed E-state index contributed by atoms with van der Waals surface area (Å²) in [6.45, 7) is 0. The van der Waals surface area contributed by atoms with Crippen molar-refractivity contribution in [1.29, 1.82) is 0 Å². The number of nitrogens with one attached hydrogen (secondary N) is 2. The van der Waals surface area contributed by atoms with Gasteiger partial charge in [0.1, 0.15) is 0 Å². The number of hydrogen-bond acceptors (Lipinski definition) is 5. The number of benzene rings is 1. The molecular formula is C14H14ClN3O4S2. The van der Waals surface area contributed by atoms with Crippen LogP contribution in [-0.2, 0) is 10.0 Å². The van der Waals surface area contributed by atoms with Crippen LogP contribution < -0.4 is 10.9 Å². The maximum absolute atomic E-state index is 12.1. The van der Waals surface area contributed by atoms with E-state index in [0.717, 1.165) is 15.6 Å². The lowest BCUT2D eigenvalue weighted by Crippen LogP contribution is -2.41. The molecule has 128 valence electrons. The molecule has 0 aliphatic carbocycles. The molecule has 1 aromatic heterocycles. The molecule has 1 aromatic carbocycles. The van der Waals surface area contributed by atoms with Gasteiger partial charge in [-0.15, -0.1) is 11.3 Å². The summed E-state index contributed by atoms with van der Waals surface area (Å²) in [5.41, 5.74) is 4.58. The summed E-state index contributed by atoms with van der Waals surface area (Å²) in [6.07, 6.45) is 0. The number of hydrogen-bond donors (Lipinski definition) is 2. The van der Waals surface area contributed by atoms with Crippen molar-refractivity contribution in [3.63, 3.8) is 0 Å². The molecule has 0 aliphatic heterocycles. The van der Waals surface area contributed by atoms with Gasteiger partial charge in [-0.25, -0.2) is 12.7 Å². The van der Waals surface area contributed by atoms with E-state index in [0.29, 0.717) is 9.21 Å². The van der Waals surface area contributed by atoms with Crippen LogP contribution >= 0.6 is 22.9 Å². The smallest absolute Gasteiger partial charge is 0.267 e. The highest BCUT2D eigenvalue weighted by molar-refractivity contribution is 7.89. The maximum Gasteiger partial charge on any atom is 0.279 e. The fourth-order valence-corrected chi connectivity index (χ4v) is 3.58. The van der Waals surface area contributed by atoms with E-state index in [1.165, 1.54) is 44.4 Å². The van der Waals surface area contributed by atoms with Crippen molar-refractivity contribution in [3.8, 4) is 0 Å². The summed E-state index contributed by atoms with van der Waals surface area (Å²) >= 11 is 6.81. The highest BCUT2D eigenvalue weighted by atomic mass is 35.5. The van der Waals surface area contributed by atoms with E-state index >= 15 is 0 Å². The van der Waals surface area contributed by atoms with Gasteiger partial charge < -0.3 is 0 Å². The van der Waals surface area contributed by atoms with Crippen LogP contribution in [-0.4, -0.2) is 38.6 Å². The lowest BCUT2D eigenvalue weighted by Gasteiger charge is -2.12. The van der Waals surface area contributed by atoms with Gasteiger partial charge in [0, 0.05) is 19.7 Å². The van der Waals surface area contributed by atoms with Crippen LogP contribution in [0, 0.1) is 0 Å². The molecular weight excluding hydrogens is 374 g/mol. The summed E-state index contributed by atoms with van der Waals surface area (Å²) in [4.78, 5) is 24.2. The van der Waals surface area contributed by atoms with Crippen molar-refractivity contribution in [2.45, 2.75) is 4.90 Å². The number of sulfonamides is 1. The first-order valence-corrected chi connectivity index (χ1v) is 9.24. The van der Waals surface area contributed by atoms with Gasteiger partial charge in [-0.05, 0) is 30.3 Å². The molecule has 0 bridgehead atoms. The first kappa shape index (κ1) is 18.4. The number of thiophene rings is 1. The van der Waals surface area contributed by atoms with E-state index in [1.807, 2.05) is 0 Å². The Balaban J connectivity index is 2.09. The third-order valence-electron chi connectivity index (χ3n) is 2.96. The minimum Gasteiger partial charge on any atom is -0.267 e. The van der Waals surface area contributed by atoms with Crippen LogP contribution in [0.3, 0.4) is 0 Å². The minimum absolute atomic E-state index is 0.0171. The normalized spacial score (nSPS) is 11.3.